The van der Waals surface area contributed by atoms with Gasteiger partial charge in [0.2, 0.25) is 0 Å². The van der Waals surface area contributed by atoms with Crippen LogP contribution in [0.2, 0.25) is 0 Å². The zero-order chi connectivity index (χ0) is 19.9. The third-order valence-corrected chi connectivity index (χ3v) is 4.62. The number of nitrogens with one attached hydrogen (secondary N) is 2. The van der Waals surface area contributed by atoms with Crippen molar-refractivity contribution < 1.29 is 5.11 Å². The zero-order valence-electron chi connectivity index (χ0n) is 17.0. The van der Waals surface area contributed by atoms with Gasteiger partial charge in [-0.1, -0.05) is 19.9 Å². The van der Waals surface area contributed by atoms with Crippen molar-refractivity contribution in [1.29, 1.82) is 0 Å². The predicted molar refractivity (Wildman–Crippen MR) is 109 cm³/mol. The second-order valence-electron chi connectivity index (χ2n) is 7.39. The first kappa shape index (κ1) is 20.9. The van der Waals surface area contributed by atoms with E-state index < -0.39 is 5.60 Å². The van der Waals surface area contributed by atoms with E-state index in [1.54, 1.807) is 24.0 Å². The molecule has 2 unspecified atom stereocenters. The molecule has 0 aromatic carbocycles. The average Bonchev–Trinajstić information content (AvgIpc) is 3.08. The smallest absolute Gasteiger partial charge is 0.191 e. The lowest BCUT2D eigenvalue weighted by Crippen LogP contribution is -2.41. The van der Waals surface area contributed by atoms with Crippen molar-refractivity contribution in [2.75, 3.05) is 19.6 Å². The lowest BCUT2D eigenvalue weighted by Gasteiger charge is -2.24. The van der Waals surface area contributed by atoms with Gasteiger partial charge >= 0.3 is 0 Å². The molecule has 27 heavy (non-hydrogen) atoms. The minimum atomic E-state index is -1.07. The van der Waals surface area contributed by atoms with E-state index in [1.165, 1.54) is 5.56 Å². The summed E-state index contributed by atoms with van der Waals surface area (Å²) in [5, 5.41) is 21.5. The number of hydrogen-bond donors (Lipinski definition) is 3. The summed E-state index contributed by atoms with van der Waals surface area (Å²) in [6.07, 6.45) is 7.20. The maximum Gasteiger partial charge on any atom is 0.191 e. The van der Waals surface area contributed by atoms with Crippen LogP contribution in [-0.4, -0.2) is 45.5 Å². The van der Waals surface area contributed by atoms with Crippen LogP contribution in [0.4, 0.5) is 0 Å². The fourth-order valence-electron chi connectivity index (χ4n) is 2.91. The molecule has 0 aliphatic carbocycles. The molecule has 0 aliphatic rings. The molecule has 0 bridgehead atoms. The SMILES string of the molecule is CCNC(=NCC(C)(O)c1cnn(C)c1)NCC(c1cccnc1)C(C)C. The molecule has 7 nitrogen and oxygen atoms in total. The van der Waals surface area contributed by atoms with E-state index in [9.17, 15) is 5.11 Å². The Hall–Kier alpha value is -2.41. The zero-order valence-corrected chi connectivity index (χ0v) is 17.0. The third-order valence-electron chi connectivity index (χ3n) is 4.62. The Labute approximate surface area is 161 Å². The van der Waals surface area contributed by atoms with E-state index in [4.69, 9.17) is 0 Å². The van der Waals surface area contributed by atoms with Gasteiger partial charge in [0.05, 0.1) is 12.7 Å². The number of nitrogens with zero attached hydrogens (tertiary/aromatic N) is 4. The third kappa shape index (κ3) is 6.06. The Balaban J connectivity index is 2.06. The maximum absolute atomic E-state index is 10.7. The van der Waals surface area contributed by atoms with E-state index in [0.717, 1.165) is 18.7 Å². The summed E-state index contributed by atoms with van der Waals surface area (Å²) in [5.41, 5.74) is 0.885. The molecule has 0 fully saturated rings. The van der Waals surface area contributed by atoms with Gasteiger partial charge in [0, 0.05) is 50.2 Å². The highest BCUT2D eigenvalue weighted by molar-refractivity contribution is 5.79. The van der Waals surface area contributed by atoms with Crippen LogP contribution in [0, 0.1) is 5.92 Å². The van der Waals surface area contributed by atoms with Gasteiger partial charge in [-0.05, 0) is 31.4 Å². The summed E-state index contributed by atoms with van der Waals surface area (Å²) in [6, 6.07) is 4.08. The van der Waals surface area contributed by atoms with Crippen LogP contribution in [0.5, 0.6) is 0 Å². The fraction of sp³-hybridized carbons (Fsp3) is 0.550. The quantitative estimate of drug-likeness (QED) is 0.487. The van der Waals surface area contributed by atoms with Crippen LogP contribution in [0.15, 0.2) is 41.9 Å². The highest BCUT2D eigenvalue weighted by Crippen LogP contribution is 2.23. The lowest BCUT2D eigenvalue weighted by molar-refractivity contribution is 0.0671. The molecule has 0 spiro atoms. The second kappa shape index (κ2) is 9.50. The first-order valence-corrected chi connectivity index (χ1v) is 9.47. The van der Waals surface area contributed by atoms with Crippen molar-refractivity contribution in [3.8, 4) is 0 Å². The largest absolute Gasteiger partial charge is 0.383 e. The number of hydrogen-bond acceptors (Lipinski definition) is 4. The second-order valence-corrected chi connectivity index (χ2v) is 7.39. The molecule has 2 heterocycles. The average molecular weight is 373 g/mol. The number of rotatable bonds is 8. The van der Waals surface area contributed by atoms with Crippen LogP contribution in [0.3, 0.4) is 0 Å². The molecule has 0 radical (unpaired) electrons. The maximum atomic E-state index is 10.7. The summed E-state index contributed by atoms with van der Waals surface area (Å²) in [6.45, 7) is 9.92. The Morgan fingerprint density at radius 3 is 2.67 bits per heavy atom. The molecule has 148 valence electrons. The van der Waals surface area contributed by atoms with Crippen molar-refractivity contribution in [3.05, 3.63) is 48.0 Å². The minimum Gasteiger partial charge on any atom is -0.383 e. The number of guanidine groups is 1. The molecule has 0 amide bonds. The van der Waals surface area contributed by atoms with E-state index >= 15 is 0 Å². The van der Waals surface area contributed by atoms with Crippen molar-refractivity contribution in [3.63, 3.8) is 0 Å². The highest BCUT2D eigenvalue weighted by atomic mass is 16.3. The molecular formula is C20H32N6O. The standard InChI is InChI=1S/C20H32N6O/c1-6-22-19(24-14-20(4,27)17-11-25-26(5)13-17)23-12-18(15(2)3)16-8-7-9-21-10-16/h7-11,13,15,18,27H,6,12,14H2,1-5H3,(H2,22,23,24). The Morgan fingerprint density at radius 1 is 1.33 bits per heavy atom. The summed E-state index contributed by atoms with van der Waals surface area (Å²) in [4.78, 5) is 8.83. The summed E-state index contributed by atoms with van der Waals surface area (Å²) in [5.74, 6) is 1.47. The number of aliphatic hydroxyl groups is 1. The first-order valence-electron chi connectivity index (χ1n) is 9.47. The molecule has 7 heteroatoms. The van der Waals surface area contributed by atoms with Crippen LogP contribution in [0.1, 0.15) is 44.7 Å². The minimum absolute atomic E-state index is 0.243. The van der Waals surface area contributed by atoms with Gasteiger partial charge < -0.3 is 15.7 Å². The normalized spacial score (nSPS) is 15.4. The van der Waals surface area contributed by atoms with Gasteiger partial charge in [-0.25, -0.2) is 4.99 Å². The van der Waals surface area contributed by atoms with Crippen LogP contribution in [-0.2, 0) is 12.6 Å². The number of pyridine rings is 1. The molecule has 0 saturated heterocycles. The summed E-state index contributed by atoms with van der Waals surface area (Å²) in [7, 11) is 1.83. The van der Waals surface area contributed by atoms with E-state index in [-0.39, 0.29) is 6.54 Å². The molecule has 2 atom stereocenters. The van der Waals surface area contributed by atoms with Gasteiger partial charge in [-0.15, -0.1) is 0 Å². The topological polar surface area (TPSA) is 87.4 Å². The molecule has 2 rings (SSSR count). The first-order chi connectivity index (χ1) is 12.8. The van der Waals surface area contributed by atoms with E-state index in [0.29, 0.717) is 17.8 Å². The number of aryl methyl sites for hydroxylation is 1. The monoisotopic (exact) mass is 372 g/mol. The van der Waals surface area contributed by atoms with Gasteiger partial charge in [0.25, 0.3) is 0 Å². The molecule has 0 aliphatic heterocycles. The van der Waals surface area contributed by atoms with Gasteiger partial charge in [0.1, 0.15) is 5.60 Å². The van der Waals surface area contributed by atoms with Gasteiger partial charge in [-0.3, -0.25) is 9.67 Å². The molecular weight excluding hydrogens is 340 g/mol. The highest BCUT2D eigenvalue weighted by Gasteiger charge is 2.25. The van der Waals surface area contributed by atoms with Gasteiger partial charge in [0.15, 0.2) is 5.96 Å². The van der Waals surface area contributed by atoms with E-state index in [1.807, 2.05) is 32.4 Å². The Morgan fingerprint density at radius 2 is 2.11 bits per heavy atom. The molecule has 0 saturated carbocycles. The van der Waals surface area contributed by atoms with Crippen LogP contribution in [0.25, 0.3) is 0 Å². The van der Waals surface area contributed by atoms with Crippen LogP contribution >= 0.6 is 0 Å². The summed E-state index contributed by atoms with van der Waals surface area (Å²) >= 11 is 0. The van der Waals surface area contributed by atoms with Crippen molar-refractivity contribution in [2.45, 2.75) is 39.2 Å². The Bertz CT molecular complexity index is 723. The Kier molecular flexibility index (Phi) is 7.36. The molecule has 2 aromatic heterocycles. The van der Waals surface area contributed by atoms with Gasteiger partial charge in [-0.2, -0.15) is 5.10 Å². The lowest BCUT2D eigenvalue weighted by atomic mass is 9.89. The van der Waals surface area contributed by atoms with Crippen molar-refractivity contribution in [2.24, 2.45) is 18.0 Å². The predicted octanol–water partition coefficient (Wildman–Crippen LogP) is 2.02. The number of aliphatic imine (C=N–C) groups is 1. The van der Waals surface area contributed by atoms with Crippen molar-refractivity contribution in [1.82, 2.24) is 25.4 Å². The molecule has 2 aromatic rings. The fourth-order valence-corrected chi connectivity index (χ4v) is 2.91. The van der Waals surface area contributed by atoms with Crippen LogP contribution < -0.4 is 10.6 Å². The number of aromatic nitrogens is 3. The molecule has 3 N–H and O–H groups in total. The summed E-state index contributed by atoms with van der Waals surface area (Å²) < 4.78 is 1.68. The van der Waals surface area contributed by atoms with Crippen molar-refractivity contribution >= 4 is 5.96 Å². The van der Waals surface area contributed by atoms with E-state index in [2.05, 4.69) is 45.6 Å².